The van der Waals surface area contributed by atoms with E-state index in [-0.39, 0.29) is 11.4 Å². The molecule has 0 atom stereocenters. The highest BCUT2D eigenvalue weighted by atomic mass is 35.5. The third kappa shape index (κ3) is 3.67. The van der Waals surface area contributed by atoms with E-state index < -0.39 is 10.8 Å². The molecule has 8 heteroatoms. The van der Waals surface area contributed by atoms with Gasteiger partial charge in [0, 0.05) is 22.7 Å². The van der Waals surface area contributed by atoms with Crippen molar-refractivity contribution < 1.29 is 9.72 Å². The summed E-state index contributed by atoms with van der Waals surface area (Å²) in [4.78, 5) is 22.7. The van der Waals surface area contributed by atoms with Gasteiger partial charge in [-0.2, -0.15) is 5.10 Å². The molecule has 7 nitrogen and oxygen atoms in total. The van der Waals surface area contributed by atoms with Crippen LogP contribution in [0.3, 0.4) is 0 Å². The maximum atomic E-state index is 12.4. The molecule has 0 fully saturated rings. The number of nitrogens with zero attached hydrogens (tertiary/aromatic N) is 2. The SMILES string of the molecule is Cc1ccc([N+](=O)[O-])cc1NC(=O)c1cc(-c2cccc(Cl)c2)n[nH]1. The highest BCUT2D eigenvalue weighted by Crippen LogP contribution is 2.24. The number of aryl methyl sites for hydroxylation is 1. The predicted octanol–water partition coefficient (Wildman–Crippen LogP) is 4.20. The highest BCUT2D eigenvalue weighted by molar-refractivity contribution is 6.30. The number of H-pyrrole nitrogens is 1. The Morgan fingerprint density at radius 2 is 2.04 bits per heavy atom. The van der Waals surface area contributed by atoms with Gasteiger partial charge in [-0.15, -0.1) is 0 Å². The molecule has 2 aromatic carbocycles. The quantitative estimate of drug-likeness (QED) is 0.540. The number of amides is 1. The number of halogens is 1. The molecule has 3 aromatic rings. The van der Waals surface area contributed by atoms with Crippen LogP contribution in [0, 0.1) is 17.0 Å². The minimum Gasteiger partial charge on any atom is -0.320 e. The van der Waals surface area contributed by atoms with Gasteiger partial charge in [0.1, 0.15) is 5.69 Å². The Bertz CT molecular complexity index is 968. The van der Waals surface area contributed by atoms with Crippen LogP contribution in [0.5, 0.6) is 0 Å². The van der Waals surface area contributed by atoms with E-state index in [2.05, 4.69) is 15.5 Å². The van der Waals surface area contributed by atoms with Gasteiger partial charge in [-0.1, -0.05) is 29.8 Å². The summed E-state index contributed by atoms with van der Waals surface area (Å²) in [5, 5.41) is 20.9. The lowest BCUT2D eigenvalue weighted by Gasteiger charge is -2.06. The standard InChI is InChI=1S/C17H13ClN4O3/c1-10-5-6-13(22(24)25)8-14(10)19-17(23)16-9-15(20-21-16)11-3-2-4-12(18)7-11/h2-9H,1H3,(H,19,23)(H,20,21). The molecule has 0 aliphatic carbocycles. The van der Waals surface area contributed by atoms with Gasteiger partial charge in [-0.05, 0) is 30.7 Å². The topological polar surface area (TPSA) is 101 Å². The normalized spacial score (nSPS) is 10.5. The Balaban J connectivity index is 1.83. The van der Waals surface area contributed by atoms with Crippen molar-refractivity contribution in [1.29, 1.82) is 0 Å². The summed E-state index contributed by atoms with van der Waals surface area (Å²) in [6.07, 6.45) is 0. The number of nitro groups is 1. The van der Waals surface area contributed by atoms with E-state index in [4.69, 9.17) is 11.6 Å². The first-order chi connectivity index (χ1) is 11.9. The largest absolute Gasteiger partial charge is 0.320 e. The number of carbonyl (C=O) groups excluding carboxylic acids is 1. The lowest BCUT2D eigenvalue weighted by Crippen LogP contribution is -2.13. The van der Waals surface area contributed by atoms with Gasteiger partial charge >= 0.3 is 0 Å². The van der Waals surface area contributed by atoms with E-state index in [0.29, 0.717) is 22.0 Å². The van der Waals surface area contributed by atoms with Gasteiger partial charge in [0.25, 0.3) is 11.6 Å². The monoisotopic (exact) mass is 356 g/mol. The van der Waals surface area contributed by atoms with Crippen LogP contribution in [0.4, 0.5) is 11.4 Å². The van der Waals surface area contributed by atoms with Crippen molar-refractivity contribution in [3.63, 3.8) is 0 Å². The molecule has 0 saturated heterocycles. The molecule has 1 heterocycles. The Labute approximate surface area is 147 Å². The smallest absolute Gasteiger partial charge is 0.273 e. The maximum Gasteiger partial charge on any atom is 0.273 e. The van der Waals surface area contributed by atoms with Crippen molar-refractivity contribution in [1.82, 2.24) is 10.2 Å². The Morgan fingerprint density at radius 3 is 2.76 bits per heavy atom. The number of hydrogen-bond donors (Lipinski definition) is 2. The van der Waals surface area contributed by atoms with Crippen molar-refractivity contribution >= 4 is 28.9 Å². The Morgan fingerprint density at radius 1 is 1.24 bits per heavy atom. The zero-order chi connectivity index (χ0) is 18.0. The number of anilines is 1. The summed E-state index contributed by atoms with van der Waals surface area (Å²) in [7, 11) is 0. The molecule has 25 heavy (non-hydrogen) atoms. The summed E-state index contributed by atoms with van der Waals surface area (Å²) >= 11 is 5.96. The summed E-state index contributed by atoms with van der Waals surface area (Å²) < 4.78 is 0. The maximum absolute atomic E-state index is 12.4. The summed E-state index contributed by atoms with van der Waals surface area (Å²) in [6.45, 7) is 1.75. The summed E-state index contributed by atoms with van der Waals surface area (Å²) in [5.41, 5.74) is 2.58. The lowest BCUT2D eigenvalue weighted by molar-refractivity contribution is -0.384. The van der Waals surface area contributed by atoms with E-state index in [0.717, 1.165) is 5.56 Å². The molecule has 3 rings (SSSR count). The Kier molecular flexibility index (Phi) is 4.49. The molecule has 126 valence electrons. The summed E-state index contributed by atoms with van der Waals surface area (Å²) in [5.74, 6) is -0.440. The molecular weight excluding hydrogens is 344 g/mol. The van der Waals surface area contributed by atoms with Crippen molar-refractivity contribution in [2.75, 3.05) is 5.32 Å². The molecule has 0 spiro atoms. The lowest BCUT2D eigenvalue weighted by atomic mass is 10.1. The van der Waals surface area contributed by atoms with Gasteiger partial charge in [0.15, 0.2) is 0 Å². The molecular formula is C17H13ClN4O3. The number of nitro benzene ring substituents is 1. The number of carbonyl (C=O) groups is 1. The van der Waals surface area contributed by atoms with Gasteiger partial charge in [-0.3, -0.25) is 20.0 Å². The zero-order valence-corrected chi connectivity index (χ0v) is 13.9. The van der Waals surface area contributed by atoms with Gasteiger partial charge in [-0.25, -0.2) is 0 Å². The van der Waals surface area contributed by atoms with Crippen LogP contribution in [0.15, 0.2) is 48.5 Å². The van der Waals surface area contributed by atoms with Crippen molar-refractivity contribution in [2.24, 2.45) is 0 Å². The first-order valence-corrected chi connectivity index (χ1v) is 7.69. The third-order valence-electron chi connectivity index (χ3n) is 3.62. The highest BCUT2D eigenvalue weighted by Gasteiger charge is 2.15. The van der Waals surface area contributed by atoms with E-state index in [1.807, 2.05) is 6.07 Å². The minimum absolute atomic E-state index is 0.0925. The van der Waals surface area contributed by atoms with Crippen LogP contribution in [-0.2, 0) is 0 Å². The molecule has 2 N–H and O–H groups in total. The number of nitrogens with one attached hydrogen (secondary N) is 2. The van der Waals surface area contributed by atoms with Crippen LogP contribution >= 0.6 is 11.6 Å². The summed E-state index contributed by atoms with van der Waals surface area (Å²) in [6, 6.07) is 13.0. The van der Waals surface area contributed by atoms with E-state index in [1.165, 1.54) is 12.1 Å². The van der Waals surface area contributed by atoms with Gasteiger partial charge in [0.2, 0.25) is 0 Å². The number of hydrogen-bond acceptors (Lipinski definition) is 4. The first kappa shape index (κ1) is 16.7. The fourth-order valence-electron chi connectivity index (χ4n) is 2.28. The minimum atomic E-state index is -0.511. The molecule has 0 saturated carbocycles. The molecule has 1 amide bonds. The number of rotatable bonds is 4. The average molecular weight is 357 g/mol. The number of aromatic amines is 1. The molecule has 0 aliphatic rings. The second-order valence-corrected chi connectivity index (χ2v) is 5.82. The number of benzene rings is 2. The fourth-order valence-corrected chi connectivity index (χ4v) is 2.47. The first-order valence-electron chi connectivity index (χ1n) is 7.32. The molecule has 0 bridgehead atoms. The van der Waals surface area contributed by atoms with Crippen LogP contribution < -0.4 is 5.32 Å². The fraction of sp³-hybridized carbons (Fsp3) is 0.0588. The van der Waals surface area contributed by atoms with Crippen LogP contribution in [0.1, 0.15) is 16.1 Å². The number of non-ortho nitro benzene ring substituents is 1. The Hall–Kier alpha value is -3.19. The van der Waals surface area contributed by atoms with Gasteiger partial charge < -0.3 is 5.32 Å². The van der Waals surface area contributed by atoms with Gasteiger partial charge in [0.05, 0.1) is 16.3 Å². The third-order valence-corrected chi connectivity index (χ3v) is 3.86. The van der Waals surface area contributed by atoms with Crippen LogP contribution in [0.25, 0.3) is 11.3 Å². The van der Waals surface area contributed by atoms with Crippen LogP contribution in [0.2, 0.25) is 5.02 Å². The van der Waals surface area contributed by atoms with Crippen molar-refractivity contribution in [2.45, 2.75) is 6.92 Å². The van der Waals surface area contributed by atoms with Crippen molar-refractivity contribution in [3.8, 4) is 11.3 Å². The predicted molar refractivity (Wildman–Crippen MR) is 94.8 cm³/mol. The van der Waals surface area contributed by atoms with E-state index in [1.54, 1.807) is 37.3 Å². The molecule has 0 unspecified atom stereocenters. The van der Waals surface area contributed by atoms with Crippen LogP contribution in [-0.4, -0.2) is 21.0 Å². The average Bonchev–Trinajstić information content (AvgIpc) is 3.07. The van der Waals surface area contributed by atoms with Crippen molar-refractivity contribution in [3.05, 3.63) is 74.9 Å². The molecule has 1 aromatic heterocycles. The number of aromatic nitrogens is 2. The molecule has 0 radical (unpaired) electrons. The van der Waals surface area contributed by atoms with E-state index >= 15 is 0 Å². The molecule has 0 aliphatic heterocycles. The second kappa shape index (κ2) is 6.74. The second-order valence-electron chi connectivity index (χ2n) is 5.39. The van der Waals surface area contributed by atoms with E-state index in [9.17, 15) is 14.9 Å². The zero-order valence-electron chi connectivity index (χ0n) is 13.1.